The molecule has 5 heteroatoms. The van der Waals surface area contributed by atoms with Crippen molar-refractivity contribution in [2.24, 2.45) is 0 Å². The van der Waals surface area contributed by atoms with Crippen LogP contribution < -0.4 is 14.8 Å². The Morgan fingerprint density at radius 2 is 1.95 bits per heavy atom. The lowest BCUT2D eigenvalue weighted by Gasteiger charge is -2.16. The summed E-state index contributed by atoms with van der Waals surface area (Å²) in [6.45, 7) is 1.62. The van der Waals surface area contributed by atoms with Gasteiger partial charge in [-0.1, -0.05) is 18.2 Å². The standard InChI is InChI=1S/C17H17NO4/c1-12(22-16-9-4-3-6-13(16)11-19)17(20)18-14-7-5-8-15(10-14)21-2/h3-12H,1-2H3,(H,18,20). The van der Waals surface area contributed by atoms with Crippen molar-refractivity contribution in [3.63, 3.8) is 0 Å². The average Bonchev–Trinajstić information content (AvgIpc) is 2.55. The van der Waals surface area contributed by atoms with Crippen molar-refractivity contribution in [1.82, 2.24) is 0 Å². The highest BCUT2D eigenvalue weighted by molar-refractivity contribution is 5.94. The second-order valence-electron chi connectivity index (χ2n) is 4.64. The van der Waals surface area contributed by atoms with Gasteiger partial charge in [0.1, 0.15) is 11.5 Å². The fourth-order valence-electron chi connectivity index (χ4n) is 1.87. The first kappa shape index (κ1) is 15.6. The molecular formula is C17H17NO4. The molecule has 2 rings (SSSR count). The smallest absolute Gasteiger partial charge is 0.265 e. The van der Waals surface area contributed by atoms with E-state index < -0.39 is 6.10 Å². The van der Waals surface area contributed by atoms with Crippen LogP contribution in [-0.4, -0.2) is 25.4 Å². The maximum absolute atomic E-state index is 12.2. The Hall–Kier alpha value is -2.82. The maximum Gasteiger partial charge on any atom is 0.265 e. The molecule has 1 atom stereocenters. The molecule has 1 amide bonds. The van der Waals surface area contributed by atoms with Crippen LogP contribution in [0.15, 0.2) is 48.5 Å². The third-order valence-corrected chi connectivity index (χ3v) is 3.06. The maximum atomic E-state index is 12.2. The zero-order chi connectivity index (χ0) is 15.9. The topological polar surface area (TPSA) is 64.6 Å². The number of nitrogens with one attached hydrogen (secondary N) is 1. The van der Waals surface area contributed by atoms with Gasteiger partial charge >= 0.3 is 0 Å². The van der Waals surface area contributed by atoms with Gasteiger partial charge < -0.3 is 14.8 Å². The lowest BCUT2D eigenvalue weighted by molar-refractivity contribution is -0.122. The van der Waals surface area contributed by atoms with Gasteiger partial charge in [-0.25, -0.2) is 0 Å². The van der Waals surface area contributed by atoms with Crippen LogP contribution >= 0.6 is 0 Å². The number of benzene rings is 2. The fraction of sp³-hybridized carbons (Fsp3) is 0.176. The molecule has 0 fully saturated rings. The van der Waals surface area contributed by atoms with Gasteiger partial charge in [0, 0.05) is 11.8 Å². The monoisotopic (exact) mass is 299 g/mol. The van der Waals surface area contributed by atoms with E-state index in [1.807, 2.05) is 0 Å². The lowest BCUT2D eigenvalue weighted by atomic mass is 10.2. The first-order valence-corrected chi connectivity index (χ1v) is 6.80. The predicted molar refractivity (Wildman–Crippen MR) is 83.5 cm³/mol. The van der Waals surface area contributed by atoms with Crippen molar-refractivity contribution in [2.75, 3.05) is 12.4 Å². The number of carbonyl (C=O) groups is 2. The Bertz CT molecular complexity index is 669. The summed E-state index contributed by atoms with van der Waals surface area (Å²) in [5.41, 5.74) is 1.02. The number of ether oxygens (including phenoxy) is 2. The molecule has 0 aliphatic carbocycles. The van der Waals surface area contributed by atoms with Crippen molar-refractivity contribution in [3.8, 4) is 11.5 Å². The molecule has 5 nitrogen and oxygen atoms in total. The van der Waals surface area contributed by atoms with Crippen LogP contribution in [0.5, 0.6) is 11.5 Å². The molecule has 0 aromatic heterocycles. The van der Waals surface area contributed by atoms with Gasteiger partial charge in [-0.3, -0.25) is 9.59 Å². The molecule has 1 N–H and O–H groups in total. The van der Waals surface area contributed by atoms with Crippen LogP contribution in [0.3, 0.4) is 0 Å². The fourth-order valence-corrected chi connectivity index (χ4v) is 1.87. The van der Waals surface area contributed by atoms with Crippen molar-refractivity contribution < 1.29 is 19.1 Å². The Morgan fingerprint density at radius 3 is 2.68 bits per heavy atom. The van der Waals surface area contributed by atoms with Crippen molar-refractivity contribution in [1.29, 1.82) is 0 Å². The van der Waals surface area contributed by atoms with Gasteiger partial charge in [0.25, 0.3) is 5.91 Å². The Labute approximate surface area is 128 Å². The van der Waals surface area contributed by atoms with Crippen LogP contribution in [0, 0.1) is 0 Å². The first-order valence-electron chi connectivity index (χ1n) is 6.80. The van der Waals surface area contributed by atoms with Gasteiger partial charge in [0.05, 0.1) is 12.7 Å². The van der Waals surface area contributed by atoms with Crippen molar-refractivity contribution in [3.05, 3.63) is 54.1 Å². The molecule has 2 aromatic rings. The zero-order valence-corrected chi connectivity index (χ0v) is 12.4. The van der Waals surface area contributed by atoms with Crippen LogP contribution in [0.1, 0.15) is 17.3 Å². The van der Waals surface area contributed by atoms with E-state index in [1.54, 1.807) is 62.6 Å². The van der Waals surface area contributed by atoms with E-state index in [1.165, 1.54) is 0 Å². The molecule has 22 heavy (non-hydrogen) atoms. The summed E-state index contributed by atoms with van der Waals surface area (Å²) in [4.78, 5) is 23.1. The SMILES string of the molecule is COc1cccc(NC(=O)C(C)Oc2ccccc2C=O)c1. The van der Waals surface area contributed by atoms with Gasteiger partial charge in [0.15, 0.2) is 12.4 Å². The van der Waals surface area contributed by atoms with Crippen LogP contribution in [-0.2, 0) is 4.79 Å². The van der Waals surface area contributed by atoms with Gasteiger partial charge in [-0.2, -0.15) is 0 Å². The van der Waals surface area contributed by atoms with E-state index >= 15 is 0 Å². The van der Waals surface area contributed by atoms with E-state index in [9.17, 15) is 9.59 Å². The summed E-state index contributed by atoms with van der Waals surface area (Å²) in [7, 11) is 1.56. The number of amides is 1. The molecule has 0 aliphatic rings. The molecule has 0 radical (unpaired) electrons. The number of methoxy groups -OCH3 is 1. The van der Waals surface area contributed by atoms with E-state index in [0.29, 0.717) is 29.0 Å². The Balaban J connectivity index is 2.04. The summed E-state index contributed by atoms with van der Waals surface area (Å²) in [6, 6.07) is 13.8. The average molecular weight is 299 g/mol. The third kappa shape index (κ3) is 3.85. The lowest BCUT2D eigenvalue weighted by Crippen LogP contribution is -2.30. The minimum atomic E-state index is -0.743. The number of anilines is 1. The second kappa shape index (κ2) is 7.26. The van der Waals surface area contributed by atoms with Crippen LogP contribution in [0.2, 0.25) is 0 Å². The van der Waals surface area contributed by atoms with E-state index in [-0.39, 0.29) is 5.91 Å². The van der Waals surface area contributed by atoms with Crippen LogP contribution in [0.4, 0.5) is 5.69 Å². The second-order valence-corrected chi connectivity index (χ2v) is 4.64. The number of hydrogen-bond acceptors (Lipinski definition) is 4. The molecule has 0 aliphatic heterocycles. The molecule has 0 heterocycles. The summed E-state index contributed by atoms with van der Waals surface area (Å²) >= 11 is 0. The summed E-state index contributed by atoms with van der Waals surface area (Å²) in [6.07, 6.45) is -0.0468. The predicted octanol–water partition coefficient (Wildman–Crippen LogP) is 2.91. The summed E-state index contributed by atoms with van der Waals surface area (Å²) < 4.78 is 10.7. The number of hydrogen-bond donors (Lipinski definition) is 1. The summed E-state index contributed by atoms with van der Waals surface area (Å²) in [5, 5.41) is 2.74. The Kier molecular flexibility index (Phi) is 5.14. The first-order chi connectivity index (χ1) is 10.6. The van der Waals surface area contributed by atoms with E-state index in [4.69, 9.17) is 9.47 Å². The number of para-hydroxylation sites is 1. The van der Waals surface area contributed by atoms with Crippen LogP contribution in [0.25, 0.3) is 0 Å². The third-order valence-electron chi connectivity index (χ3n) is 3.06. The molecule has 2 aromatic carbocycles. The normalized spacial score (nSPS) is 11.4. The molecule has 0 bridgehead atoms. The van der Waals surface area contributed by atoms with Gasteiger partial charge in [-0.05, 0) is 31.2 Å². The van der Waals surface area contributed by atoms with Crippen molar-refractivity contribution in [2.45, 2.75) is 13.0 Å². The van der Waals surface area contributed by atoms with Gasteiger partial charge in [0.2, 0.25) is 0 Å². The number of rotatable bonds is 6. The Morgan fingerprint density at radius 1 is 1.18 bits per heavy atom. The molecule has 0 saturated carbocycles. The minimum absolute atomic E-state index is 0.311. The van der Waals surface area contributed by atoms with E-state index in [0.717, 1.165) is 0 Å². The van der Waals surface area contributed by atoms with Gasteiger partial charge in [-0.15, -0.1) is 0 Å². The highest BCUT2D eigenvalue weighted by Gasteiger charge is 2.16. The number of carbonyl (C=O) groups excluding carboxylic acids is 2. The molecule has 0 saturated heterocycles. The van der Waals surface area contributed by atoms with Crippen molar-refractivity contribution >= 4 is 17.9 Å². The quantitative estimate of drug-likeness (QED) is 0.833. The summed E-state index contributed by atoms with van der Waals surface area (Å²) in [5.74, 6) is 0.720. The largest absolute Gasteiger partial charge is 0.497 e. The molecule has 114 valence electrons. The highest BCUT2D eigenvalue weighted by Crippen LogP contribution is 2.19. The molecular weight excluding hydrogens is 282 g/mol. The molecule has 0 spiro atoms. The van der Waals surface area contributed by atoms with E-state index in [2.05, 4.69) is 5.32 Å². The molecule has 1 unspecified atom stereocenters. The minimum Gasteiger partial charge on any atom is -0.497 e. The zero-order valence-electron chi connectivity index (χ0n) is 12.4. The number of aldehydes is 1. The highest BCUT2D eigenvalue weighted by atomic mass is 16.5.